The maximum absolute atomic E-state index is 5.34. The van der Waals surface area contributed by atoms with Crippen LogP contribution in [0.25, 0.3) is 0 Å². The summed E-state index contributed by atoms with van der Waals surface area (Å²) in [6, 6.07) is 2.06. The van der Waals surface area contributed by atoms with Crippen LogP contribution in [0.15, 0.2) is 10.6 Å². The second-order valence-corrected chi connectivity index (χ2v) is 4.94. The van der Waals surface area contributed by atoms with Crippen molar-refractivity contribution < 1.29 is 4.52 Å². The van der Waals surface area contributed by atoms with Gasteiger partial charge in [0.1, 0.15) is 0 Å². The maximum atomic E-state index is 5.34. The van der Waals surface area contributed by atoms with Crippen molar-refractivity contribution in [1.29, 1.82) is 0 Å². The van der Waals surface area contributed by atoms with Gasteiger partial charge in [0.15, 0.2) is 5.76 Å². The van der Waals surface area contributed by atoms with E-state index in [-0.39, 0.29) is 0 Å². The van der Waals surface area contributed by atoms with Crippen molar-refractivity contribution in [2.24, 2.45) is 5.92 Å². The lowest BCUT2D eigenvalue weighted by molar-refractivity contribution is 0.159. The molecule has 2 heterocycles. The summed E-state index contributed by atoms with van der Waals surface area (Å²) in [4.78, 5) is 2.47. The smallest absolute Gasteiger partial charge is 0.151 e. The van der Waals surface area contributed by atoms with Gasteiger partial charge < -0.3 is 9.84 Å². The van der Waals surface area contributed by atoms with Gasteiger partial charge in [0.25, 0.3) is 0 Å². The molecular weight excluding hydrogens is 214 g/mol. The molecule has 0 atom stereocenters. The largest absolute Gasteiger partial charge is 0.360 e. The minimum Gasteiger partial charge on any atom is -0.360 e. The molecule has 0 saturated carbocycles. The van der Waals surface area contributed by atoms with Crippen LogP contribution in [-0.2, 0) is 13.1 Å². The van der Waals surface area contributed by atoms with Crippen LogP contribution in [0.1, 0.15) is 37.6 Å². The standard InChI is InChI=1S/C13H23N3O/c1-3-11-4-6-16(7-5-11)10-13-8-12(9-14-2)15-17-13/h8,11,14H,3-7,9-10H2,1-2H3. The highest BCUT2D eigenvalue weighted by atomic mass is 16.5. The molecule has 1 fully saturated rings. The Hall–Kier alpha value is -0.870. The fraction of sp³-hybridized carbons (Fsp3) is 0.769. The summed E-state index contributed by atoms with van der Waals surface area (Å²) < 4.78 is 5.34. The molecule has 1 aliphatic heterocycles. The summed E-state index contributed by atoms with van der Waals surface area (Å²) in [7, 11) is 1.92. The number of rotatable bonds is 5. The van der Waals surface area contributed by atoms with Gasteiger partial charge in [0.2, 0.25) is 0 Å². The molecule has 4 heteroatoms. The molecule has 0 spiro atoms. The van der Waals surface area contributed by atoms with Crippen molar-refractivity contribution in [3.8, 4) is 0 Å². The number of aromatic nitrogens is 1. The van der Waals surface area contributed by atoms with Gasteiger partial charge in [0.05, 0.1) is 12.2 Å². The zero-order valence-electron chi connectivity index (χ0n) is 10.9. The SMILES string of the molecule is CCC1CCN(Cc2cc(CNC)no2)CC1. The van der Waals surface area contributed by atoms with Gasteiger partial charge in [-0.05, 0) is 38.9 Å². The van der Waals surface area contributed by atoms with Gasteiger partial charge in [0, 0.05) is 12.6 Å². The lowest BCUT2D eigenvalue weighted by Gasteiger charge is -2.30. The topological polar surface area (TPSA) is 41.3 Å². The Labute approximate surface area is 103 Å². The first kappa shape index (κ1) is 12.6. The number of hydrogen-bond donors (Lipinski definition) is 1. The highest BCUT2D eigenvalue weighted by Gasteiger charge is 2.18. The van der Waals surface area contributed by atoms with Crippen molar-refractivity contribution >= 4 is 0 Å². The number of nitrogens with zero attached hydrogens (tertiary/aromatic N) is 2. The minimum absolute atomic E-state index is 0.779. The molecule has 2 rings (SSSR count). The highest BCUT2D eigenvalue weighted by molar-refractivity contribution is 5.05. The number of hydrogen-bond acceptors (Lipinski definition) is 4. The van der Waals surface area contributed by atoms with E-state index >= 15 is 0 Å². The molecular formula is C13H23N3O. The summed E-state index contributed by atoms with van der Waals surface area (Å²) in [5, 5.41) is 7.12. The third-order valence-electron chi connectivity index (χ3n) is 3.63. The summed E-state index contributed by atoms with van der Waals surface area (Å²) in [6.07, 6.45) is 3.98. The summed E-state index contributed by atoms with van der Waals surface area (Å²) in [5.41, 5.74) is 0.992. The molecule has 0 unspecified atom stereocenters. The summed E-state index contributed by atoms with van der Waals surface area (Å²) in [6.45, 7) is 6.37. The molecule has 1 saturated heterocycles. The van der Waals surface area contributed by atoms with E-state index in [1.54, 1.807) is 0 Å². The van der Waals surface area contributed by atoms with E-state index < -0.39 is 0 Å². The summed E-state index contributed by atoms with van der Waals surface area (Å²) in [5.74, 6) is 1.92. The van der Waals surface area contributed by atoms with E-state index in [9.17, 15) is 0 Å². The molecule has 4 nitrogen and oxygen atoms in total. The average molecular weight is 237 g/mol. The number of nitrogens with one attached hydrogen (secondary N) is 1. The van der Waals surface area contributed by atoms with Crippen molar-refractivity contribution in [3.05, 3.63) is 17.5 Å². The van der Waals surface area contributed by atoms with Gasteiger partial charge in [-0.15, -0.1) is 0 Å². The minimum atomic E-state index is 0.779. The van der Waals surface area contributed by atoms with Crippen molar-refractivity contribution in [2.75, 3.05) is 20.1 Å². The number of piperidine rings is 1. The van der Waals surface area contributed by atoms with Crippen molar-refractivity contribution in [1.82, 2.24) is 15.4 Å². The van der Waals surface area contributed by atoms with E-state index in [0.29, 0.717) is 0 Å². The lowest BCUT2D eigenvalue weighted by atomic mass is 9.94. The van der Waals surface area contributed by atoms with Crippen LogP contribution >= 0.6 is 0 Å². The lowest BCUT2D eigenvalue weighted by Crippen LogP contribution is -2.32. The van der Waals surface area contributed by atoms with Gasteiger partial charge in [-0.1, -0.05) is 18.5 Å². The molecule has 0 amide bonds. The zero-order valence-corrected chi connectivity index (χ0v) is 10.9. The van der Waals surface area contributed by atoms with Crippen LogP contribution in [0.2, 0.25) is 0 Å². The molecule has 96 valence electrons. The predicted molar refractivity (Wildman–Crippen MR) is 67.6 cm³/mol. The Morgan fingerprint density at radius 2 is 2.24 bits per heavy atom. The molecule has 0 aromatic carbocycles. The van der Waals surface area contributed by atoms with Gasteiger partial charge in [-0.25, -0.2) is 0 Å². The van der Waals surface area contributed by atoms with Gasteiger partial charge >= 0.3 is 0 Å². The second-order valence-electron chi connectivity index (χ2n) is 4.94. The fourth-order valence-electron chi connectivity index (χ4n) is 2.47. The Kier molecular flexibility index (Phi) is 4.57. The Morgan fingerprint density at radius 3 is 2.88 bits per heavy atom. The summed E-state index contributed by atoms with van der Waals surface area (Å²) >= 11 is 0. The second kappa shape index (κ2) is 6.17. The molecule has 0 bridgehead atoms. The monoisotopic (exact) mass is 237 g/mol. The third kappa shape index (κ3) is 3.54. The van der Waals surface area contributed by atoms with E-state index in [0.717, 1.165) is 30.5 Å². The Morgan fingerprint density at radius 1 is 1.47 bits per heavy atom. The van der Waals surface area contributed by atoms with Crippen LogP contribution in [0.4, 0.5) is 0 Å². The van der Waals surface area contributed by atoms with Gasteiger partial charge in [-0.2, -0.15) is 0 Å². The van der Waals surface area contributed by atoms with Crippen LogP contribution in [0, 0.1) is 5.92 Å². The number of likely N-dealkylation sites (tertiary alicyclic amines) is 1. The zero-order chi connectivity index (χ0) is 12.1. The van der Waals surface area contributed by atoms with Crippen molar-refractivity contribution in [2.45, 2.75) is 39.3 Å². The van der Waals surface area contributed by atoms with E-state index in [4.69, 9.17) is 4.52 Å². The van der Waals surface area contributed by atoms with Crippen LogP contribution in [0.5, 0.6) is 0 Å². The molecule has 1 aliphatic rings. The van der Waals surface area contributed by atoms with E-state index in [2.05, 4.69) is 28.4 Å². The fourth-order valence-corrected chi connectivity index (χ4v) is 2.47. The molecule has 0 aliphatic carbocycles. The quantitative estimate of drug-likeness (QED) is 0.850. The Bertz CT molecular complexity index is 329. The highest BCUT2D eigenvalue weighted by Crippen LogP contribution is 2.21. The van der Waals surface area contributed by atoms with Crippen molar-refractivity contribution in [3.63, 3.8) is 0 Å². The predicted octanol–water partition coefficient (Wildman–Crippen LogP) is 2.02. The molecule has 17 heavy (non-hydrogen) atoms. The Balaban J connectivity index is 1.80. The average Bonchev–Trinajstić information content (AvgIpc) is 2.78. The van der Waals surface area contributed by atoms with Crippen LogP contribution in [0.3, 0.4) is 0 Å². The first-order valence-corrected chi connectivity index (χ1v) is 6.63. The van der Waals surface area contributed by atoms with Crippen LogP contribution in [-0.4, -0.2) is 30.2 Å². The first-order chi connectivity index (χ1) is 8.31. The maximum Gasteiger partial charge on any atom is 0.151 e. The van der Waals surface area contributed by atoms with Crippen LogP contribution < -0.4 is 5.32 Å². The normalized spacial score (nSPS) is 18.7. The molecule has 1 aromatic rings. The van der Waals surface area contributed by atoms with E-state index in [1.807, 2.05) is 7.05 Å². The first-order valence-electron chi connectivity index (χ1n) is 6.63. The molecule has 1 aromatic heterocycles. The third-order valence-corrected chi connectivity index (χ3v) is 3.63. The van der Waals surface area contributed by atoms with E-state index in [1.165, 1.54) is 32.4 Å². The van der Waals surface area contributed by atoms with Gasteiger partial charge in [-0.3, -0.25) is 4.90 Å². The molecule has 0 radical (unpaired) electrons. The molecule has 1 N–H and O–H groups in total.